The predicted molar refractivity (Wildman–Crippen MR) is 91.7 cm³/mol. The summed E-state index contributed by atoms with van der Waals surface area (Å²) in [6.07, 6.45) is 2.55. The summed E-state index contributed by atoms with van der Waals surface area (Å²) in [6.45, 7) is -0.865. The summed E-state index contributed by atoms with van der Waals surface area (Å²) >= 11 is 0. The van der Waals surface area contributed by atoms with Gasteiger partial charge in [0.1, 0.15) is 12.4 Å². The van der Waals surface area contributed by atoms with Crippen LogP contribution in [-0.2, 0) is 9.59 Å². The number of benzene rings is 1. The number of likely N-dealkylation sites (N-methyl/N-ethyl adjacent to an activating group) is 2. The molecule has 0 spiro atoms. The maximum absolute atomic E-state index is 13.8. The normalized spacial score (nSPS) is 11.5. The number of hydrogen-bond acceptors (Lipinski definition) is 5. The molecule has 0 radical (unpaired) electrons. The lowest BCUT2D eigenvalue weighted by Crippen LogP contribution is -2.52. The van der Waals surface area contributed by atoms with Gasteiger partial charge in [-0.25, -0.2) is 4.39 Å². The largest absolute Gasteiger partial charge is 0.388 e. The van der Waals surface area contributed by atoms with Crippen LogP contribution in [0.4, 0.5) is 4.39 Å². The molecule has 2 rings (SSSR count). The van der Waals surface area contributed by atoms with E-state index < -0.39 is 36.1 Å². The van der Waals surface area contributed by atoms with Crippen molar-refractivity contribution in [3.63, 3.8) is 0 Å². The molecular formula is C18H18FN3O4. The Morgan fingerprint density at radius 1 is 1.23 bits per heavy atom. The lowest BCUT2D eigenvalue weighted by molar-refractivity contribution is -0.135. The summed E-state index contributed by atoms with van der Waals surface area (Å²) in [4.78, 5) is 40.9. The molecule has 0 aliphatic carbocycles. The molecule has 8 heteroatoms. The molecule has 0 saturated heterocycles. The number of nitrogens with one attached hydrogen (secondary N) is 1. The van der Waals surface area contributed by atoms with Crippen LogP contribution in [0.25, 0.3) is 11.1 Å². The summed E-state index contributed by atoms with van der Waals surface area (Å²) in [5.74, 6) is -2.56. The van der Waals surface area contributed by atoms with Crippen molar-refractivity contribution in [2.24, 2.45) is 0 Å². The van der Waals surface area contributed by atoms with Gasteiger partial charge in [0, 0.05) is 31.4 Å². The minimum atomic E-state index is -1.44. The predicted octanol–water partition coefficient (Wildman–Crippen LogP) is 0.636. The van der Waals surface area contributed by atoms with Crippen molar-refractivity contribution >= 4 is 17.6 Å². The lowest BCUT2D eigenvalue weighted by atomic mass is 10.0. The zero-order chi connectivity index (χ0) is 19.3. The summed E-state index contributed by atoms with van der Waals surface area (Å²) in [5, 5.41) is 11.3. The summed E-state index contributed by atoms with van der Waals surface area (Å²) in [5.41, 5.74) is 1.11. The highest BCUT2D eigenvalue weighted by Crippen LogP contribution is 2.22. The molecule has 2 aromatic rings. The van der Waals surface area contributed by atoms with Crippen LogP contribution in [-0.4, -0.2) is 59.3 Å². The molecule has 26 heavy (non-hydrogen) atoms. The van der Waals surface area contributed by atoms with E-state index in [1.165, 1.54) is 38.5 Å². The Hall–Kier alpha value is -3.13. The Labute approximate surface area is 149 Å². The Kier molecular flexibility index (Phi) is 6.13. The van der Waals surface area contributed by atoms with E-state index in [1.54, 1.807) is 12.1 Å². The van der Waals surface area contributed by atoms with E-state index in [9.17, 15) is 18.8 Å². The lowest BCUT2D eigenvalue weighted by Gasteiger charge is -2.25. The Bertz CT molecular complexity index is 807. The van der Waals surface area contributed by atoms with Crippen molar-refractivity contribution in [1.29, 1.82) is 0 Å². The minimum absolute atomic E-state index is 0.213. The first-order valence-electron chi connectivity index (χ1n) is 7.73. The van der Waals surface area contributed by atoms with E-state index in [0.717, 1.165) is 11.1 Å². The van der Waals surface area contributed by atoms with Crippen molar-refractivity contribution in [1.82, 2.24) is 15.2 Å². The molecule has 2 amide bonds. The maximum atomic E-state index is 13.8. The van der Waals surface area contributed by atoms with E-state index in [1.807, 2.05) is 0 Å². The first kappa shape index (κ1) is 19.2. The van der Waals surface area contributed by atoms with Gasteiger partial charge in [-0.3, -0.25) is 19.4 Å². The highest BCUT2D eigenvalue weighted by Gasteiger charge is 2.32. The fourth-order valence-corrected chi connectivity index (χ4v) is 2.48. The van der Waals surface area contributed by atoms with Crippen LogP contribution in [0.15, 0.2) is 42.7 Å². The number of carbonyl (C=O) groups excluding carboxylic acids is 3. The number of aliphatic hydroxyl groups is 1. The first-order valence-corrected chi connectivity index (χ1v) is 7.73. The van der Waals surface area contributed by atoms with Crippen LogP contribution in [0, 0.1) is 5.82 Å². The average molecular weight is 359 g/mol. The van der Waals surface area contributed by atoms with Crippen molar-refractivity contribution < 1.29 is 23.9 Å². The highest BCUT2D eigenvalue weighted by molar-refractivity contribution is 6.10. The molecule has 0 bridgehead atoms. The van der Waals surface area contributed by atoms with E-state index in [2.05, 4.69) is 10.3 Å². The minimum Gasteiger partial charge on any atom is -0.388 e. The molecule has 7 nitrogen and oxygen atoms in total. The van der Waals surface area contributed by atoms with Gasteiger partial charge in [-0.05, 0) is 23.8 Å². The number of pyridine rings is 1. The molecule has 1 aromatic heterocycles. The number of carbonyl (C=O) groups is 3. The zero-order valence-electron chi connectivity index (χ0n) is 14.3. The molecule has 0 fully saturated rings. The SMILES string of the molecule is CNC(=O)C(C(=O)CO)N(C)C(=O)c1ccc(-c2ccncc2F)cc1. The van der Waals surface area contributed by atoms with Gasteiger partial charge in [0.05, 0.1) is 6.20 Å². The molecule has 0 saturated carbocycles. The third-order valence-corrected chi connectivity index (χ3v) is 3.88. The number of rotatable bonds is 6. The monoisotopic (exact) mass is 359 g/mol. The number of halogens is 1. The number of aromatic nitrogens is 1. The van der Waals surface area contributed by atoms with Crippen LogP contribution < -0.4 is 5.32 Å². The molecule has 1 unspecified atom stereocenters. The van der Waals surface area contributed by atoms with Crippen LogP contribution in [0.3, 0.4) is 0 Å². The Balaban J connectivity index is 2.27. The summed E-state index contributed by atoms with van der Waals surface area (Å²) < 4.78 is 13.8. The molecular weight excluding hydrogens is 341 g/mol. The molecule has 2 N–H and O–H groups in total. The van der Waals surface area contributed by atoms with Crippen LogP contribution >= 0.6 is 0 Å². The van der Waals surface area contributed by atoms with Gasteiger partial charge in [-0.15, -0.1) is 0 Å². The molecule has 1 aromatic carbocycles. The van der Waals surface area contributed by atoms with Gasteiger partial charge in [-0.2, -0.15) is 0 Å². The molecule has 136 valence electrons. The summed E-state index contributed by atoms with van der Waals surface area (Å²) in [7, 11) is 2.63. The van der Waals surface area contributed by atoms with E-state index in [4.69, 9.17) is 5.11 Å². The highest BCUT2D eigenvalue weighted by atomic mass is 19.1. The molecule has 0 aliphatic rings. The smallest absolute Gasteiger partial charge is 0.254 e. The third-order valence-electron chi connectivity index (χ3n) is 3.88. The Morgan fingerprint density at radius 2 is 1.88 bits per heavy atom. The fraction of sp³-hybridized carbons (Fsp3) is 0.222. The number of hydrogen-bond donors (Lipinski definition) is 2. The molecule has 1 heterocycles. The van der Waals surface area contributed by atoms with E-state index >= 15 is 0 Å². The van der Waals surface area contributed by atoms with Gasteiger partial charge < -0.3 is 15.3 Å². The number of aliphatic hydroxyl groups excluding tert-OH is 1. The van der Waals surface area contributed by atoms with Crippen LogP contribution in [0.2, 0.25) is 0 Å². The van der Waals surface area contributed by atoms with Crippen molar-refractivity contribution in [2.45, 2.75) is 6.04 Å². The van der Waals surface area contributed by atoms with Crippen molar-refractivity contribution in [2.75, 3.05) is 20.7 Å². The van der Waals surface area contributed by atoms with Crippen molar-refractivity contribution in [3.05, 3.63) is 54.1 Å². The van der Waals surface area contributed by atoms with Crippen molar-refractivity contribution in [3.8, 4) is 11.1 Å². The second-order valence-corrected chi connectivity index (χ2v) is 5.49. The first-order chi connectivity index (χ1) is 12.4. The van der Waals surface area contributed by atoms with Gasteiger partial charge in [-0.1, -0.05) is 12.1 Å². The molecule has 1 atom stereocenters. The number of ketones is 1. The standard InChI is InChI=1S/C18H18FN3O4/c1-20-17(25)16(15(24)10-23)22(2)18(26)12-5-3-11(4-6-12)13-7-8-21-9-14(13)19/h3-9,16,23H,10H2,1-2H3,(H,20,25). The third kappa shape index (κ3) is 3.92. The van der Waals surface area contributed by atoms with Gasteiger partial charge in [0.2, 0.25) is 5.91 Å². The zero-order valence-corrected chi connectivity index (χ0v) is 14.3. The summed E-state index contributed by atoms with van der Waals surface area (Å²) in [6, 6.07) is 6.14. The quantitative estimate of drug-likeness (QED) is 0.737. The van der Waals surface area contributed by atoms with Gasteiger partial charge in [0.25, 0.3) is 5.91 Å². The van der Waals surface area contributed by atoms with Gasteiger partial charge in [0.15, 0.2) is 11.8 Å². The second kappa shape index (κ2) is 8.30. The topological polar surface area (TPSA) is 99.6 Å². The number of nitrogens with zero attached hydrogens (tertiary/aromatic N) is 2. The van der Waals surface area contributed by atoms with E-state index in [-0.39, 0.29) is 5.56 Å². The molecule has 0 aliphatic heterocycles. The Morgan fingerprint density at radius 3 is 2.42 bits per heavy atom. The fourth-order valence-electron chi connectivity index (χ4n) is 2.48. The maximum Gasteiger partial charge on any atom is 0.254 e. The van der Waals surface area contributed by atoms with Crippen LogP contribution in [0.5, 0.6) is 0 Å². The second-order valence-electron chi connectivity index (χ2n) is 5.49. The number of Topliss-reactive ketones (excluding diaryl/α,β-unsaturated/α-hetero) is 1. The average Bonchev–Trinajstić information content (AvgIpc) is 2.67. The van der Waals surface area contributed by atoms with E-state index in [0.29, 0.717) is 11.1 Å². The number of amides is 2. The van der Waals surface area contributed by atoms with Gasteiger partial charge >= 0.3 is 0 Å². The van der Waals surface area contributed by atoms with Crippen LogP contribution in [0.1, 0.15) is 10.4 Å².